The SMILES string of the molecule is Cc1ccc(S(=O)(=O)NCc2ccccc2)cc1C(=O)N(Cc1ccccc1F)C1CC1. The first-order valence-electron chi connectivity index (χ1n) is 10.5. The van der Waals surface area contributed by atoms with Crippen molar-refractivity contribution in [1.82, 2.24) is 9.62 Å². The van der Waals surface area contributed by atoms with Crippen molar-refractivity contribution in [1.29, 1.82) is 0 Å². The number of carbonyl (C=O) groups excluding carboxylic acids is 1. The van der Waals surface area contributed by atoms with Crippen molar-refractivity contribution >= 4 is 15.9 Å². The van der Waals surface area contributed by atoms with E-state index in [9.17, 15) is 17.6 Å². The molecule has 0 atom stereocenters. The third-order valence-corrected chi connectivity index (χ3v) is 7.00. The molecule has 0 radical (unpaired) electrons. The Hall–Kier alpha value is -3.03. The maximum Gasteiger partial charge on any atom is 0.254 e. The highest BCUT2D eigenvalue weighted by atomic mass is 32.2. The molecule has 0 unspecified atom stereocenters. The minimum atomic E-state index is -3.81. The number of rotatable bonds is 8. The van der Waals surface area contributed by atoms with Gasteiger partial charge in [0.2, 0.25) is 10.0 Å². The standard InChI is InChI=1S/C25H25FN2O3S/c1-18-11-14-22(32(30,31)27-16-19-7-3-2-4-8-19)15-23(18)25(29)28(21-12-13-21)17-20-9-5-6-10-24(20)26/h2-11,14-15,21,27H,12-13,16-17H2,1H3. The van der Waals surface area contributed by atoms with Gasteiger partial charge in [-0.25, -0.2) is 17.5 Å². The van der Waals surface area contributed by atoms with E-state index in [-0.39, 0.29) is 35.8 Å². The van der Waals surface area contributed by atoms with E-state index >= 15 is 0 Å². The molecule has 0 saturated heterocycles. The molecule has 32 heavy (non-hydrogen) atoms. The second-order valence-electron chi connectivity index (χ2n) is 8.04. The van der Waals surface area contributed by atoms with Crippen molar-refractivity contribution in [2.75, 3.05) is 0 Å². The first-order chi connectivity index (χ1) is 15.3. The number of benzene rings is 3. The lowest BCUT2D eigenvalue weighted by molar-refractivity contribution is 0.0727. The molecule has 0 bridgehead atoms. The third-order valence-electron chi connectivity index (χ3n) is 5.61. The van der Waals surface area contributed by atoms with E-state index in [1.165, 1.54) is 18.2 Å². The second-order valence-corrected chi connectivity index (χ2v) is 9.81. The van der Waals surface area contributed by atoms with Gasteiger partial charge in [-0.15, -0.1) is 0 Å². The summed E-state index contributed by atoms with van der Waals surface area (Å²) in [5.41, 5.74) is 2.27. The number of hydrogen-bond donors (Lipinski definition) is 1. The van der Waals surface area contributed by atoms with Crippen molar-refractivity contribution in [3.8, 4) is 0 Å². The fourth-order valence-corrected chi connectivity index (χ4v) is 4.62. The van der Waals surface area contributed by atoms with Crippen LogP contribution in [0, 0.1) is 12.7 Å². The lowest BCUT2D eigenvalue weighted by atomic mass is 10.1. The van der Waals surface area contributed by atoms with Crippen molar-refractivity contribution in [3.05, 3.63) is 101 Å². The summed E-state index contributed by atoms with van der Waals surface area (Å²) in [6.45, 7) is 2.08. The van der Waals surface area contributed by atoms with Gasteiger partial charge in [-0.2, -0.15) is 0 Å². The molecule has 1 N–H and O–H groups in total. The fraction of sp³-hybridized carbons (Fsp3) is 0.240. The van der Waals surface area contributed by atoms with Crippen LogP contribution < -0.4 is 4.72 Å². The fourth-order valence-electron chi connectivity index (χ4n) is 3.57. The molecule has 0 aliphatic heterocycles. The Bertz CT molecular complexity index is 1220. The number of nitrogens with one attached hydrogen (secondary N) is 1. The summed E-state index contributed by atoms with van der Waals surface area (Å²) in [6, 6.07) is 20.2. The second kappa shape index (κ2) is 9.22. The van der Waals surface area contributed by atoms with Gasteiger partial charge in [-0.1, -0.05) is 54.6 Å². The Balaban J connectivity index is 1.58. The molecule has 3 aromatic carbocycles. The number of aryl methyl sites for hydroxylation is 1. The van der Waals surface area contributed by atoms with Crippen molar-refractivity contribution in [2.24, 2.45) is 0 Å². The largest absolute Gasteiger partial charge is 0.331 e. The zero-order valence-corrected chi connectivity index (χ0v) is 18.6. The van der Waals surface area contributed by atoms with Gasteiger partial charge < -0.3 is 4.90 Å². The normalized spacial score (nSPS) is 13.7. The Morgan fingerprint density at radius 3 is 2.41 bits per heavy atom. The van der Waals surface area contributed by atoms with Gasteiger partial charge in [-0.3, -0.25) is 4.79 Å². The highest BCUT2D eigenvalue weighted by Crippen LogP contribution is 2.31. The Labute approximate surface area is 187 Å². The highest BCUT2D eigenvalue weighted by molar-refractivity contribution is 7.89. The Kier molecular flexibility index (Phi) is 6.39. The summed E-state index contributed by atoms with van der Waals surface area (Å²) in [4.78, 5) is 15.1. The molecule has 7 heteroatoms. The average Bonchev–Trinajstić information content (AvgIpc) is 3.63. The number of hydrogen-bond acceptors (Lipinski definition) is 3. The summed E-state index contributed by atoms with van der Waals surface area (Å²) in [5, 5.41) is 0. The Morgan fingerprint density at radius 1 is 1.03 bits per heavy atom. The highest BCUT2D eigenvalue weighted by Gasteiger charge is 2.34. The zero-order valence-electron chi connectivity index (χ0n) is 17.8. The lowest BCUT2D eigenvalue weighted by Gasteiger charge is -2.24. The minimum absolute atomic E-state index is 0.0315. The van der Waals surface area contributed by atoms with Crippen molar-refractivity contribution in [3.63, 3.8) is 0 Å². The third kappa shape index (κ3) is 5.06. The van der Waals surface area contributed by atoms with E-state index in [0.717, 1.165) is 18.4 Å². The van der Waals surface area contributed by atoms with Crippen molar-refractivity contribution < 1.29 is 17.6 Å². The van der Waals surface area contributed by atoms with Crippen LogP contribution in [-0.2, 0) is 23.1 Å². The summed E-state index contributed by atoms with van der Waals surface area (Å²) < 4.78 is 42.5. The molecule has 1 aliphatic carbocycles. The number of amides is 1. The predicted octanol–water partition coefficient (Wildman–Crippen LogP) is 4.42. The number of sulfonamides is 1. The summed E-state index contributed by atoms with van der Waals surface area (Å²) in [6.07, 6.45) is 1.71. The molecule has 1 fully saturated rings. The van der Waals surface area contributed by atoms with Crippen LogP contribution in [0.1, 0.15) is 39.9 Å². The first-order valence-corrected chi connectivity index (χ1v) is 12.0. The smallest absolute Gasteiger partial charge is 0.254 e. The van der Waals surface area contributed by atoms with E-state index in [4.69, 9.17) is 0 Å². The van der Waals surface area contributed by atoms with Crippen LogP contribution in [0.5, 0.6) is 0 Å². The number of carbonyl (C=O) groups is 1. The molecule has 0 spiro atoms. The van der Waals surface area contributed by atoms with E-state index < -0.39 is 10.0 Å². The van der Waals surface area contributed by atoms with E-state index in [2.05, 4.69) is 4.72 Å². The van der Waals surface area contributed by atoms with Crippen LogP contribution in [0.15, 0.2) is 77.7 Å². The van der Waals surface area contributed by atoms with Crippen LogP contribution in [0.4, 0.5) is 4.39 Å². The van der Waals surface area contributed by atoms with Crippen LogP contribution in [0.2, 0.25) is 0 Å². The monoisotopic (exact) mass is 452 g/mol. The van der Waals surface area contributed by atoms with Gasteiger partial charge in [0.05, 0.1) is 4.90 Å². The molecule has 4 rings (SSSR count). The van der Waals surface area contributed by atoms with Gasteiger partial charge in [0.1, 0.15) is 5.82 Å². The number of nitrogens with zero attached hydrogens (tertiary/aromatic N) is 1. The maximum atomic E-state index is 14.2. The molecule has 0 aromatic heterocycles. The van der Waals surface area contributed by atoms with Crippen molar-refractivity contribution in [2.45, 2.75) is 43.8 Å². The summed E-state index contributed by atoms with van der Waals surface area (Å²) in [5.74, 6) is -0.641. The lowest BCUT2D eigenvalue weighted by Crippen LogP contribution is -2.33. The maximum absolute atomic E-state index is 14.2. The van der Waals surface area contributed by atoms with E-state index in [1.807, 2.05) is 30.3 Å². The quantitative estimate of drug-likeness (QED) is 0.550. The molecule has 1 amide bonds. The van der Waals surface area contributed by atoms with E-state index in [1.54, 1.807) is 36.1 Å². The topological polar surface area (TPSA) is 66.5 Å². The molecule has 5 nitrogen and oxygen atoms in total. The van der Waals surface area contributed by atoms with Crippen LogP contribution in [0.3, 0.4) is 0 Å². The molecule has 1 aliphatic rings. The van der Waals surface area contributed by atoms with Gasteiger partial charge >= 0.3 is 0 Å². The van der Waals surface area contributed by atoms with Crippen LogP contribution in [0.25, 0.3) is 0 Å². The molecule has 166 valence electrons. The van der Waals surface area contributed by atoms with Gasteiger partial charge in [0, 0.05) is 30.3 Å². The average molecular weight is 453 g/mol. The van der Waals surface area contributed by atoms with Crippen LogP contribution in [-0.4, -0.2) is 25.3 Å². The van der Waals surface area contributed by atoms with E-state index in [0.29, 0.717) is 16.7 Å². The van der Waals surface area contributed by atoms with Gasteiger partial charge in [0.15, 0.2) is 0 Å². The zero-order chi connectivity index (χ0) is 22.7. The molecule has 3 aromatic rings. The molecule has 1 saturated carbocycles. The minimum Gasteiger partial charge on any atom is -0.331 e. The number of halogens is 1. The van der Waals surface area contributed by atoms with Gasteiger partial charge in [0.25, 0.3) is 5.91 Å². The molecule has 0 heterocycles. The van der Waals surface area contributed by atoms with Crippen LogP contribution >= 0.6 is 0 Å². The summed E-state index contributed by atoms with van der Waals surface area (Å²) >= 11 is 0. The predicted molar refractivity (Wildman–Crippen MR) is 121 cm³/mol. The van der Waals surface area contributed by atoms with Gasteiger partial charge in [-0.05, 0) is 49.1 Å². The Morgan fingerprint density at radius 2 is 1.72 bits per heavy atom. The summed E-state index contributed by atoms with van der Waals surface area (Å²) in [7, 11) is -3.81. The first kappa shape index (κ1) is 22.2. The molecular formula is C25H25FN2O3S. The molecular weight excluding hydrogens is 427 g/mol.